The van der Waals surface area contributed by atoms with E-state index in [9.17, 15) is 22.4 Å². The number of pyridine rings is 1. The van der Waals surface area contributed by atoms with Gasteiger partial charge in [0, 0.05) is 31.9 Å². The van der Waals surface area contributed by atoms with Gasteiger partial charge < -0.3 is 9.88 Å². The third kappa shape index (κ3) is 3.04. The monoisotopic (exact) mass is 434 g/mol. The summed E-state index contributed by atoms with van der Waals surface area (Å²) in [6, 6.07) is 3.42. The largest absolute Gasteiger partial charge is 0.453 e. The highest BCUT2D eigenvalue weighted by Crippen LogP contribution is 2.35. The molecule has 4 aromatic heterocycles. The number of halogens is 4. The van der Waals surface area contributed by atoms with Gasteiger partial charge >= 0.3 is 6.18 Å². The van der Waals surface area contributed by atoms with Gasteiger partial charge in [-0.05, 0) is 18.2 Å². The van der Waals surface area contributed by atoms with Gasteiger partial charge in [-0.25, -0.2) is 18.6 Å². The molecule has 0 aromatic carbocycles. The number of aromatic nitrogens is 7. The van der Waals surface area contributed by atoms with E-state index >= 15 is 0 Å². The molecule has 9 nitrogen and oxygen atoms in total. The molecule has 1 aliphatic rings. The average molecular weight is 434 g/mol. The van der Waals surface area contributed by atoms with E-state index in [1.54, 1.807) is 6.20 Å². The fourth-order valence-electron chi connectivity index (χ4n) is 3.75. The Morgan fingerprint density at radius 2 is 2.10 bits per heavy atom. The fourth-order valence-corrected chi connectivity index (χ4v) is 3.75. The molecule has 5 heterocycles. The first kappa shape index (κ1) is 19.2. The Hall–Kier alpha value is -3.77. The number of H-pyrrole nitrogens is 1. The smallest absolute Gasteiger partial charge is 0.348 e. The summed E-state index contributed by atoms with van der Waals surface area (Å²) < 4.78 is 55.4. The van der Waals surface area contributed by atoms with Crippen LogP contribution in [0, 0.1) is 5.82 Å². The highest BCUT2D eigenvalue weighted by molar-refractivity contribution is 5.91. The summed E-state index contributed by atoms with van der Waals surface area (Å²) in [7, 11) is 1.22. The summed E-state index contributed by atoms with van der Waals surface area (Å²) in [6.45, 7) is 0.170. The molecule has 31 heavy (non-hydrogen) atoms. The van der Waals surface area contributed by atoms with E-state index in [2.05, 4.69) is 25.1 Å². The Morgan fingerprint density at radius 3 is 2.81 bits per heavy atom. The van der Waals surface area contributed by atoms with Crippen molar-refractivity contribution in [3.8, 4) is 0 Å². The molecule has 0 fully saturated rings. The van der Waals surface area contributed by atoms with E-state index in [1.807, 2.05) is 0 Å². The number of carbonyl (C=O) groups excluding carboxylic acids is 1. The predicted molar refractivity (Wildman–Crippen MR) is 96.3 cm³/mol. The number of imidazole rings is 1. The summed E-state index contributed by atoms with van der Waals surface area (Å²) in [5.41, 5.74) is 1.78. The quantitative estimate of drug-likeness (QED) is 0.488. The minimum absolute atomic E-state index is 0.170. The lowest BCUT2D eigenvalue weighted by Gasteiger charge is -2.33. The number of hydrogen-bond donors (Lipinski definition) is 1. The topological polar surface area (TPSA) is 97.0 Å². The number of nitrogens with one attached hydrogen (secondary N) is 1. The van der Waals surface area contributed by atoms with Crippen LogP contribution in [-0.2, 0) is 19.6 Å². The maximum atomic E-state index is 14.2. The maximum absolute atomic E-state index is 14.2. The number of aromatic amines is 1. The molecular weight excluding hydrogens is 420 g/mol. The fraction of sp³-hybridized carbons (Fsp3) is 0.278. The molecule has 5 rings (SSSR count). The van der Waals surface area contributed by atoms with Crippen LogP contribution in [-0.4, -0.2) is 51.7 Å². The number of hydrogen-bond acceptors (Lipinski definition) is 5. The minimum Gasteiger partial charge on any atom is -0.348 e. The first-order valence-electron chi connectivity index (χ1n) is 9.19. The second-order valence-corrected chi connectivity index (χ2v) is 7.05. The van der Waals surface area contributed by atoms with Crippen molar-refractivity contribution in [2.45, 2.75) is 18.6 Å². The van der Waals surface area contributed by atoms with Crippen LogP contribution in [0.2, 0.25) is 0 Å². The zero-order chi connectivity index (χ0) is 21.9. The Labute approximate surface area is 171 Å². The SMILES string of the molecule is Cn1nc(C(F)(F)F)nc1C(=O)N1CCc2[nH]cnc2[C@H]1c1cc2c(F)cccn2n1. The van der Waals surface area contributed by atoms with Crippen molar-refractivity contribution in [2.75, 3.05) is 6.54 Å². The molecule has 0 spiro atoms. The average Bonchev–Trinajstić information content (AvgIpc) is 3.44. The van der Waals surface area contributed by atoms with Crippen LogP contribution >= 0.6 is 0 Å². The van der Waals surface area contributed by atoms with E-state index in [-0.39, 0.29) is 12.1 Å². The molecule has 0 saturated heterocycles. The summed E-state index contributed by atoms with van der Waals surface area (Å²) in [6.07, 6.45) is -1.36. The van der Waals surface area contributed by atoms with Crippen molar-refractivity contribution in [2.24, 2.45) is 7.05 Å². The number of carbonyl (C=O) groups is 1. The van der Waals surface area contributed by atoms with Crippen LogP contribution in [0.25, 0.3) is 5.52 Å². The zero-order valence-corrected chi connectivity index (χ0v) is 15.9. The van der Waals surface area contributed by atoms with Gasteiger partial charge in [0.1, 0.15) is 17.4 Å². The lowest BCUT2D eigenvalue weighted by Crippen LogP contribution is -2.42. The summed E-state index contributed by atoms with van der Waals surface area (Å²) in [5.74, 6) is -3.13. The molecule has 1 amide bonds. The minimum atomic E-state index is -4.79. The van der Waals surface area contributed by atoms with E-state index in [1.165, 1.54) is 41.0 Å². The number of rotatable bonds is 2. The number of amides is 1. The first-order chi connectivity index (χ1) is 14.7. The molecule has 1 atom stereocenters. The van der Waals surface area contributed by atoms with Gasteiger partial charge in [-0.15, -0.1) is 5.10 Å². The van der Waals surface area contributed by atoms with Crippen LogP contribution in [0.3, 0.4) is 0 Å². The molecule has 0 aliphatic carbocycles. The van der Waals surface area contributed by atoms with Crippen LogP contribution in [0.5, 0.6) is 0 Å². The first-order valence-corrected chi connectivity index (χ1v) is 9.19. The highest BCUT2D eigenvalue weighted by atomic mass is 19.4. The third-order valence-corrected chi connectivity index (χ3v) is 5.14. The van der Waals surface area contributed by atoms with Crippen LogP contribution in [0.4, 0.5) is 17.6 Å². The molecule has 1 aliphatic heterocycles. The molecule has 0 bridgehead atoms. The van der Waals surface area contributed by atoms with Gasteiger partial charge in [0.15, 0.2) is 0 Å². The van der Waals surface area contributed by atoms with Crippen LogP contribution in [0.15, 0.2) is 30.7 Å². The predicted octanol–water partition coefficient (Wildman–Crippen LogP) is 2.13. The molecule has 160 valence electrons. The van der Waals surface area contributed by atoms with Gasteiger partial charge in [0.2, 0.25) is 5.82 Å². The van der Waals surface area contributed by atoms with E-state index in [0.29, 0.717) is 17.8 Å². The van der Waals surface area contributed by atoms with E-state index in [4.69, 9.17) is 0 Å². The van der Waals surface area contributed by atoms with E-state index in [0.717, 1.165) is 10.4 Å². The van der Waals surface area contributed by atoms with Crippen LogP contribution < -0.4 is 0 Å². The highest BCUT2D eigenvalue weighted by Gasteiger charge is 2.41. The number of fused-ring (bicyclic) bond motifs is 2. The van der Waals surface area contributed by atoms with Crippen molar-refractivity contribution in [1.29, 1.82) is 0 Å². The molecule has 4 aromatic rings. The van der Waals surface area contributed by atoms with Crippen molar-refractivity contribution < 1.29 is 22.4 Å². The van der Waals surface area contributed by atoms with Gasteiger partial charge in [-0.2, -0.15) is 23.3 Å². The second kappa shape index (κ2) is 6.62. The standard InChI is InChI=1S/C18H14F4N8O/c1-28-15(25-17(27-28)18(20,21)22)16(31)29-6-4-10-13(24-8-23-10)14(29)11-7-12-9(19)3-2-5-30(12)26-11/h2-3,5,7-8,14H,4,6H2,1H3,(H,23,24)/t14-/m1/s1. The van der Waals surface area contributed by atoms with Crippen molar-refractivity contribution in [3.05, 3.63) is 65.3 Å². The van der Waals surface area contributed by atoms with Crippen molar-refractivity contribution in [1.82, 2.24) is 39.2 Å². The Balaban J connectivity index is 1.61. The summed E-state index contributed by atoms with van der Waals surface area (Å²) in [5, 5.41) is 7.69. The molecule has 0 unspecified atom stereocenters. The van der Waals surface area contributed by atoms with Gasteiger partial charge in [0.05, 0.1) is 17.7 Å². The lowest BCUT2D eigenvalue weighted by atomic mass is 9.99. The van der Waals surface area contributed by atoms with Gasteiger partial charge in [-0.3, -0.25) is 4.79 Å². The lowest BCUT2D eigenvalue weighted by molar-refractivity contribution is -0.144. The number of nitrogens with zero attached hydrogens (tertiary/aromatic N) is 7. The Kier molecular flexibility index (Phi) is 4.10. The zero-order valence-electron chi connectivity index (χ0n) is 15.9. The third-order valence-electron chi connectivity index (χ3n) is 5.14. The second-order valence-electron chi connectivity index (χ2n) is 7.05. The van der Waals surface area contributed by atoms with Crippen molar-refractivity contribution >= 4 is 11.4 Å². The molecule has 0 saturated carbocycles. The van der Waals surface area contributed by atoms with Gasteiger partial charge in [0.25, 0.3) is 11.7 Å². The maximum Gasteiger partial charge on any atom is 0.453 e. The summed E-state index contributed by atoms with van der Waals surface area (Å²) in [4.78, 5) is 25.3. The van der Waals surface area contributed by atoms with E-state index < -0.39 is 35.6 Å². The molecular formula is C18H14F4N8O. The van der Waals surface area contributed by atoms with Crippen LogP contribution in [0.1, 0.15) is 39.6 Å². The summed E-state index contributed by atoms with van der Waals surface area (Å²) >= 11 is 0. The van der Waals surface area contributed by atoms with Gasteiger partial charge in [-0.1, -0.05) is 0 Å². The Bertz CT molecular complexity index is 1300. The molecule has 1 N–H and O–H groups in total. The molecule has 13 heteroatoms. The molecule has 0 radical (unpaired) electrons. The Morgan fingerprint density at radius 1 is 1.29 bits per heavy atom. The van der Waals surface area contributed by atoms with Crippen molar-refractivity contribution in [3.63, 3.8) is 0 Å². The normalized spacial score (nSPS) is 16.7. The number of alkyl halides is 3. The number of aryl methyl sites for hydroxylation is 1.